The Labute approximate surface area is 113 Å². The normalized spacial score (nSPS) is 10.0. The number of thiazole rings is 1. The summed E-state index contributed by atoms with van der Waals surface area (Å²) in [4.78, 5) is 16.3. The first-order chi connectivity index (χ1) is 8.08. The topological polar surface area (TPSA) is 77.2 Å². The van der Waals surface area contributed by atoms with Crippen LogP contribution >= 0.6 is 35.3 Å². The molecule has 3 N–H and O–H groups in total. The van der Waals surface area contributed by atoms with E-state index in [1.54, 1.807) is 18.7 Å². The lowest BCUT2D eigenvalue weighted by molar-refractivity contribution is 0.0533. The second-order valence-corrected chi connectivity index (χ2v) is 5.75. The predicted octanol–water partition coefficient (Wildman–Crippen LogP) is 2.09. The number of esters is 1. The van der Waals surface area contributed by atoms with Gasteiger partial charge in [-0.25, -0.2) is 9.78 Å². The minimum Gasteiger partial charge on any atom is -0.462 e. The summed E-state index contributed by atoms with van der Waals surface area (Å²) in [6.45, 7) is 4.08. The van der Waals surface area contributed by atoms with Crippen LogP contribution in [0.5, 0.6) is 0 Å². The van der Waals surface area contributed by atoms with E-state index in [2.05, 4.69) is 10.3 Å². The molecular weight excluding hydrogens is 278 g/mol. The minimum absolute atomic E-state index is 0.0777. The van der Waals surface area contributed by atoms with Gasteiger partial charge >= 0.3 is 5.97 Å². The molecule has 0 spiro atoms. The summed E-state index contributed by atoms with van der Waals surface area (Å²) >= 11 is 7.56. The van der Waals surface area contributed by atoms with Gasteiger partial charge < -0.3 is 15.8 Å². The highest BCUT2D eigenvalue weighted by atomic mass is 32.2. The second kappa shape index (κ2) is 6.77. The third-order valence-electron chi connectivity index (χ3n) is 1.58. The van der Waals surface area contributed by atoms with Crippen LogP contribution in [-0.4, -0.2) is 28.4 Å². The molecule has 0 atom stereocenters. The van der Waals surface area contributed by atoms with E-state index in [4.69, 9.17) is 22.7 Å². The van der Waals surface area contributed by atoms with Crippen molar-refractivity contribution in [3.05, 3.63) is 4.88 Å². The zero-order valence-corrected chi connectivity index (χ0v) is 11.9. The van der Waals surface area contributed by atoms with Gasteiger partial charge in [-0.3, -0.25) is 0 Å². The molecule has 0 amide bonds. The molecule has 0 aliphatic carbocycles. The van der Waals surface area contributed by atoms with Gasteiger partial charge in [0.15, 0.2) is 20.1 Å². The van der Waals surface area contributed by atoms with Gasteiger partial charge in [-0.15, -0.1) is 0 Å². The fourth-order valence-corrected chi connectivity index (χ4v) is 3.01. The Balaban J connectivity index is 2.98. The Morgan fingerprint density at radius 3 is 2.88 bits per heavy atom. The van der Waals surface area contributed by atoms with Gasteiger partial charge in [0.05, 0.1) is 6.61 Å². The molecule has 0 saturated heterocycles. The molecule has 1 aromatic heterocycles. The van der Waals surface area contributed by atoms with Crippen molar-refractivity contribution >= 4 is 52.2 Å². The number of rotatable bonds is 5. The van der Waals surface area contributed by atoms with Crippen molar-refractivity contribution in [3.8, 4) is 0 Å². The molecule has 0 aliphatic rings. The largest absolute Gasteiger partial charge is 0.462 e. The number of nitrogens with one attached hydrogen (secondary N) is 1. The summed E-state index contributed by atoms with van der Waals surface area (Å²) in [6, 6.07) is 0. The van der Waals surface area contributed by atoms with Crippen LogP contribution in [0.3, 0.4) is 0 Å². The first-order valence-electron chi connectivity index (χ1n) is 4.95. The maximum absolute atomic E-state index is 11.7. The molecule has 0 aromatic carbocycles. The zero-order chi connectivity index (χ0) is 12.8. The van der Waals surface area contributed by atoms with Crippen molar-refractivity contribution in [2.75, 3.05) is 17.7 Å². The van der Waals surface area contributed by atoms with E-state index < -0.39 is 5.97 Å². The third kappa shape index (κ3) is 4.14. The smallest absolute Gasteiger partial charge is 0.352 e. The molecular formula is C9H13N3O2S3. The quantitative estimate of drug-likeness (QED) is 0.488. The molecule has 0 saturated carbocycles. The van der Waals surface area contributed by atoms with Gasteiger partial charge in [0.1, 0.15) is 0 Å². The molecule has 1 heterocycles. The van der Waals surface area contributed by atoms with Crippen molar-refractivity contribution in [1.29, 1.82) is 0 Å². The lowest BCUT2D eigenvalue weighted by atomic mass is 10.5. The first-order valence-corrected chi connectivity index (χ1v) is 7.16. The van der Waals surface area contributed by atoms with E-state index in [0.717, 1.165) is 10.1 Å². The van der Waals surface area contributed by atoms with Crippen molar-refractivity contribution in [3.63, 3.8) is 0 Å². The molecule has 5 nitrogen and oxygen atoms in total. The molecule has 0 bridgehead atoms. The van der Waals surface area contributed by atoms with Crippen LogP contribution in [0.2, 0.25) is 0 Å². The van der Waals surface area contributed by atoms with E-state index in [0.29, 0.717) is 17.3 Å². The van der Waals surface area contributed by atoms with Crippen LogP contribution in [0.1, 0.15) is 23.5 Å². The van der Waals surface area contributed by atoms with Crippen molar-refractivity contribution < 1.29 is 9.53 Å². The SMILES string of the molecule is CCOC(=O)c1sc(SCC)nc1NC(N)=S. The van der Waals surface area contributed by atoms with Gasteiger partial charge in [-0.05, 0) is 24.9 Å². The average Bonchev–Trinajstić information content (AvgIpc) is 2.61. The highest BCUT2D eigenvalue weighted by molar-refractivity contribution is 8.01. The Morgan fingerprint density at radius 2 is 2.35 bits per heavy atom. The zero-order valence-electron chi connectivity index (χ0n) is 9.48. The summed E-state index contributed by atoms with van der Waals surface area (Å²) in [5.41, 5.74) is 5.38. The number of nitrogens with two attached hydrogens (primary N) is 1. The van der Waals surface area contributed by atoms with Crippen LogP contribution in [-0.2, 0) is 4.74 Å². The van der Waals surface area contributed by atoms with Gasteiger partial charge in [0.25, 0.3) is 0 Å². The maximum atomic E-state index is 11.7. The van der Waals surface area contributed by atoms with Gasteiger partial charge in [0.2, 0.25) is 0 Å². The second-order valence-electron chi connectivity index (χ2n) is 2.80. The Hall–Kier alpha value is -0.860. The van der Waals surface area contributed by atoms with Crippen molar-refractivity contribution in [2.45, 2.75) is 18.2 Å². The molecule has 8 heteroatoms. The number of ether oxygens (including phenoxy) is 1. The van der Waals surface area contributed by atoms with Crippen molar-refractivity contribution in [1.82, 2.24) is 4.98 Å². The summed E-state index contributed by atoms with van der Waals surface area (Å²) in [7, 11) is 0. The number of hydrogen-bond acceptors (Lipinski definition) is 6. The summed E-state index contributed by atoms with van der Waals surface area (Å²) < 4.78 is 5.73. The predicted molar refractivity (Wildman–Crippen MR) is 74.9 cm³/mol. The summed E-state index contributed by atoms with van der Waals surface area (Å²) in [6.07, 6.45) is 0. The van der Waals surface area contributed by atoms with Gasteiger partial charge in [0, 0.05) is 0 Å². The number of anilines is 1. The van der Waals surface area contributed by atoms with E-state index in [9.17, 15) is 4.79 Å². The number of aromatic nitrogens is 1. The molecule has 1 rings (SSSR count). The fraction of sp³-hybridized carbons (Fsp3) is 0.444. The monoisotopic (exact) mass is 291 g/mol. The van der Waals surface area contributed by atoms with Gasteiger partial charge in [-0.1, -0.05) is 30.0 Å². The summed E-state index contributed by atoms with van der Waals surface area (Å²) in [5, 5.41) is 2.76. The fourth-order valence-electron chi connectivity index (χ4n) is 1.02. The van der Waals surface area contributed by atoms with E-state index in [1.807, 2.05) is 6.92 Å². The number of carbonyl (C=O) groups excluding carboxylic acids is 1. The Bertz CT molecular complexity index is 420. The van der Waals surface area contributed by atoms with Gasteiger partial charge in [-0.2, -0.15) is 0 Å². The molecule has 0 fully saturated rings. The standard InChI is InChI=1S/C9H13N3O2S3/c1-3-14-7(13)5-6(11-8(10)15)12-9(17-5)16-4-2/h3-4H2,1-2H3,(H3,10,11,15). The third-order valence-corrected chi connectivity index (χ3v) is 3.74. The Kier molecular flexibility index (Phi) is 5.66. The molecule has 0 radical (unpaired) electrons. The van der Waals surface area contributed by atoms with E-state index in [-0.39, 0.29) is 5.11 Å². The Morgan fingerprint density at radius 1 is 1.65 bits per heavy atom. The lowest BCUT2D eigenvalue weighted by Gasteiger charge is -2.02. The highest BCUT2D eigenvalue weighted by Gasteiger charge is 2.19. The van der Waals surface area contributed by atoms with Crippen LogP contribution in [0, 0.1) is 0 Å². The lowest BCUT2D eigenvalue weighted by Crippen LogP contribution is -2.20. The first kappa shape index (κ1) is 14.2. The molecule has 17 heavy (non-hydrogen) atoms. The molecule has 0 aliphatic heterocycles. The van der Waals surface area contributed by atoms with Crippen LogP contribution in [0.15, 0.2) is 4.34 Å². The van der Waals surface area contributed by atoms with E-state index >= 15 is 0 Å². The number of thioether (sulfide) groups is 1. The summed E-state index contributed by atoms with van der Waals surface area (Å²) in [5.74, 6) is 0.839. The number of hydrogen-bond donors (Lipinski definition) is 2. The highest BCUT2D eigenvalue weighted by Crippen LogP contribution is 2.30. The molecule has 94 valence electrons. The average molecular weight is 291 g/mol. The van der Waals surface area contributed by atoms with Crippen molar-refractivity contribution in [2.24, 2.45) is 5.73 Å². The number of nitrogens with zero attached hydrogens (tertiary/aromatic N) is 1. The number of carbonyl (C=O) groups is 1. The number of thiocarbonyl (C=S) groups is 1. The van der Waals surface area contributed by atoms with E-state index in [1.165, 1.54) is 11.3 Å². The maximum Gasteiger partial charge on any atom is 0.352 e. The van der Waals surface area contributed by atoms with Crippen LogP contribution < -0.4 is 11.1 Å². The van der Waals surface area contributed by atoms with Crippen LogP contribution in [0.25, 0.3) is 0 Å². The minimum atomic E-state index is -0.410. The molecule has 0 unspecified atom stereocenters. The van der Waals surface area contributed by atoms with Crippen LogP contribution in [0.4, 0.5) is 5.82 Å². The molecule has 1 aromatic rings.